The Hall–Kier alpha value is -1.83. The van der Waals surface area contributed by atoms with Crippen molar-refractivity contribution in [3.05, 3.63) is 56.7 Å². The van der Waals surface area contributed by atoms with Crippen molar-refractivity contribution >= 4 is 50.8 Å². The van der Waals surface area contributed by atoms with Gasteiger partial charge in [0, 0.05) is 18.1 Å². The minimum atomic E-state index is -0.0688. The van der Waals surface area contributed by atoms with Gasteiger partial charge in [0.15, 0.2) is 5.16 Å². The molecule has 3 rings (SSSR count). The molecule has 0 unspecified atom stereocenters. The quantitative estimate of drug-likeness (QED) is 0.400. The van der Waals surface area contributed by atoms with Gasteiger partial charge in [0.05, 0.1) is 11.3 Å². The second-order valence-corrected chi connectivity index (χ2v) is 8.65. The molecule has 1 aromatic carbocycles. The van der Waals surface area contributed by atoms with Crippen molar-refractivity contribution in [1.29, 1.82) is 0 Å². The number of hydrogen-bond donors (Lipinski definition) is 1. The molecule has 0 fully saturated rings. The molecule has 5 nitrogen and oxygen atoms in total. The Morgan fingerprint density at radius 1 is 1.29 bits per heavy atom. The number of aromatic nitrogens is 2. The van der Waals surface area contributed by atoms with Gasteiger partial charge in [0.2, 0.25) is 5.91 Å². The summed E-state index contributed by atoms with van der Waals surface area (Å²) in [6.07, 6.45) is 2.64. The second kappa shape index (κ2) is 10.1. The van der Waals surface area contributed by atoms with Crippen molar-refractivity contribution in [2.75, 3.05) is 12.3 Å². The first-order valence-electron chi connectivity index (χ1n) is 9.20. The maximum Gasteiger partial charge on any atom is 0.272 e. The zero-order chi connectivity index (χ0) is 19.9. The van der Waals surface area contributed by atoms with Crippen LogP contribution in [0, 0.1) is 0 Å². The Bertz CT molecular complexity index is 999. The van der Waals surface area contributed by atoms with Crippen LogP contribution in [0.4, 0.5) is 0 Å². The molecule has 0 atom stereocenters. The first-order valence-corrected chi connectivity index (χ1v) is 11.4. The summed E-state index contributed by atoms with van der Waals surface area (Å²) < 4.78 is 2.38. The highest BCUT2D eigenvalue weighted by atomic mass is 35.5. The molecule has 0 radical (unpaired) electrons. The second-order valence-electron chi connectivity index (χ2n) is 6.35. The van der Waals surface area contributed by atoms with Crippen LogP contribution < -0.4 is 10.9 Å². The van der Waals surface area contributed by atoms with E-state index >= 15 is 0 Å². The lowest BCUT2D eigenvalue weighted by Crippen LogP contribution is -2.28. The number of nitrogens with one attached hydrogen (secondary N) is 1. The van der Waals surface area contributed by atoms with Gasteiger partial charge in [0.1, 0.15) is 4.70 Å². The van der Waals surface area contributed by atoms with E-state index in [1.807, 2.05) is 35.7 Å². The van der Waals surface area contributed by atoms with Crippen molar-refractivity contribution in [2.24, 2.45) is 0 Å². The van der Waals surface area contributed by atoms with Gasteiger partial charge in [-0.2, -0.15) is 0 Å². The molecule has 0 saturated carbocycles. The third kappa shape index (κ3) is 5.37. The molecule has 28 heavy (non-hydrogen) atoms. The van der Waals surface area contributed by atoms with Crippen molar-refractivity contribution in [1.82, 2.24) is 14.9 Å². The van der Waals surface area contributed by atoms with E-state index in [2.05, 4.69) is 17.2 Å². The molecule has 1 N–H and O–H groups in total. The number of carbonyl (C=O) groups is 1. The molecule has 0 spiro atoms. The number of rotatable bonds is 9. The van der Waals surface area contributed by atoms with E-state index in [1.165, 1.54) is 23.1 Å². The number of amides is 1. The maximum absolute atomic E-state index is 12.7. The fourth-order valence-electron chi connectivity index (χ4n) is 2.73. The van der Waals surface area contributed by atoms with E-state index in [0.717, 1.165) is 24.8 Å². The number of thioether (sulfide) groups is 1. The van der Waals surface area contributed by atoms with Crippen LogP contribution in [0.1, 0.15) is 25.3 Å². The van der Waals surface area contributed by atoms with Gasteiger partial charge >= 0.3 is 0 Å². The first-order chi connectivity index (χ1) is 13.6. The van der Waals surface area contributed by atoms with Crippen LogP contribution in [0.3, 0.4) is 0 Å². The highest BCUT2D eigenvalue weighted by Gasteiger charge is 2.13. The van der Waals surface area contributed by atoms with Crippen molar-refractivity contribution in [3.63, 3.8) is 0 Å². The van der Waals surface area contributed by atoms with Gasteiger partial charge in [-0.3, -0.25) is 14.2 Å². The van der Waals surface area contributed by atoms with E-state index in [9.17, 15) is 9.59 Å². The zero-order valence-corrected chi connectivity index (χ0v) is 18.0. The summed E-state index contributed by atoms with van der Waals surface area (Å²) in [6, 6.07) is 9.44. The van der Waals surface area contributed by atoms with Crippen LogP contribution >= 0.6 is 34.7 Å². The summed E-state index contributed by atoms with van der Waals surface area (Å²) in [6.45, 7) is 3.26. The molecular formula is C20H22ClN3O2S2. The summed E-state index contributed by atoms with van der Waals surface area (Å²) in [5, 5.41) is 6.11. The van der Waals surface area contributed by atoms with Gasteiger partial charge < -0.3 is 5.32 Å². The minimum Gasteiger partial charge on any atom is -0.355 e. The monoisotopic (exact) mass is 435 g/mol. The molecule has 148 valence electrons. The largest absolute Gasteiger partial charge is 0.355 e. The Labute approximate surface area is 177 Å². The molecule has 2 heterocycles. The van der Waals surface area contributed by atoms with Crippen LogP contribution in [0.5, 0.6) is 0 Å². The summed E-state index contributed by atoms with van der Waals surface area (Å²) in [5.74, 6) is 0.162. The topological polar surface area (TPSA) is 64.0 Å². The van der Waals surface area contributed by atoms with Crippen LogP contribution in [0.2, 0.25) is 5.02 Å². The van der Waals surface area contributed by atoms with Gasteiger partial charge in [-0.1, -0.05) is 48.8 Å². The fraction of sp³-hybridized carbons (Fsp3) is 0.350. The molecule has 8 heteroatoms. The molecule has 0 aliphatic rings. The highest BCUT2D eigenvalue weighted by Crippen LogP contribution is 2.21. The predicted octanol–water partition coefficient (Wildman–Crippen LogP) is 4.36. The number of unbranched alkanes of at least 4 members (excludes halogenated alkanes) is 1. The van der Waals surface area contributed by atoms with E-state index in [4.69, 9.17) is 11.6 Å². The van der Waals surface area contributed by atoms with Gasteiger partial charge in [0.25, 0.3) is 5.56 Å². The molecular weight excluding hydrogens is 414 g/mol. The Balaban J connectivity index is 1.59. The van der Waals surface area contributed by atoms with Crippen LogP contribution in [-0.2, 0) is 17.8 Å². The number of nitrogens with zero attached hydrogens (tertiary/aromatic N) is 2. The van der Waals surface area contributed by atoms with E-state index in [-0.39, 0.29) is 17.2 Å². The molecule has 0 aliphatic heterocycles. The summed E-state index contributed by atoms with van der Waals surface area (Å²) in [7, 11) is 0. The normalized spacial score (nSPS) is 11.1. The number of fused-ring (bicyclic) bond motifs is 1. The maximum atomic E-state index is 12.7. The van der Waals surface area contributed by atoms with Crippen molar-refractivity contribution in [2.45, 2.75) is 37.9 Å². The standard InChI is InChI=1S/C20H22ClN3O2S2/c1-2-3-11-24-19(26)18-16(9-12-27-18)23-20(24)28-13-17(25)22-10-8-14-4-6-15(21)7-5-14/h4-7,9,12H,2-3,8,10-11,13H2,1H3,(H,22,25). The van der Waals surface area contributed by atoms with Gasteiger partial charge in [-0.15, -0.1) is 11.3 Å². The van der Waals surface area contributed by atoms with Crippen LogP contribution in [0.15, 0.2) is 45.7 Å². The lowest BCUT2D eigenvalue weighted by molar-refractivity contribution is -0.118. The fourth-order valence-corrected chi connectivity index (χ4v) is 4.49. The summed E-state index contributed by atoms with van der Waals surface area (Å²) in [4.78, 5) is 29.5. The SMILES string of the molecule is CCCCn1c(SCC(=O)NCCc2ccc(Cl)cc2)nc2ccsc2c1=O. The number of hydrogen-bond acceptors (Lipinski definition) is 5. The first kappa shape index (κ1) is 20.9. The van der Waals surface area contributed by atoms with E-state index < -0.39 is 0 Å². The molecule has 0 bridgehead atoms. The third-order valence-corrected chi connectivity index (χ3v) is 6.37. The third-order valence-electron chi connectivity index (χ3n) is 4.25. The van der Waals surface area contributed by atoms with Gasteiger partial charge in [-0.05, 0) is 42.0 Å². The number of carbonyl (C=O) groups excluding carboxylic acids is 1. The number of halogens is 1. The minimum absolute atomic E-state index is 0.0147. The Morgan fingerprint density at radius 3 is 2.82 bits per heavy atom. The predicted molar refractivity (Wildman–Crippen MR) is 118 cm³/mol. The average Bonchev–Trinajstić information content (AvgIpc) is 3.16. The van der Waals surface area contributed by atoms with E-state index in [0.29, 0.717) is 33.5 Å². The molecule has 0 aliphatic carbocycles. The Kier molecular flexibility index (Phi) is 7.53. The molecule has 2 aromatic heterocycles. The van der Waals surface area contributed by atoms with Crippen molar-refractivity contribution < 1.29 is 4.79 Å². The lowest BCUT2D eigenvalue weighted by atomic mass is 10.1. The lowest BCUT2D eigenvalue weighted by Gasteiger charge is -2.11. The Morgan fingerprint density at radius 2 is 2.07 bits per heavy atom. The van der Waals surface area contributed by atoms with E-state index in [1.54, 1.807) is 4.57 Å². The van der Waals surface area contributed by atoms with Gasteiger partial charge in [-0.25, -0.2) is 4.98 Å². The zero-order valence-electron chi connectivity index (χ0n) is 15.6. The molecule has 0 saturated heterocycles. The summed E-state index contributed by atoms with van der Waals surface area (Å²) in [5.41, 5.74) is 1.81. The molecule has 1 amide bonds. The average molecular weight is 436 g/mol. The van der Waals surface area contributed by atoms with Crippen LogP contribution in [0.25, 0.3) is 10.2 Å². The summed E-state index contributed by atoms with van der Waals surface area (Å²) >= 11 is 8.60. The van der Waals surface area contributed by atoms with Crippen molar-refractivity contribution in [3.8, 4) is 0 Å². The smallest absolute Gasteiger partial charge is 0.272 e. The molecule has 3 aromatic rings. The number of benzene rings is 1. The number of thiophene rings is 1. The highest BCUT2D eigenvalue weighted by molar-refractivity contribution is 7.99. The van der Waals surface area contributed by atoms with Crippen LogP contribution in [-0.4, -0.2) is 27.8 Å².